The zero-order valence-electron chi connectivity index (χ0n) is 11.9. The zero-order chi connectivity index (χ0) is 14.8. The Morgan fingerprint density at radius 2 is 2.10 bits per heavy atom. The van der Waals surface area contributed by atoms with Crippen molar-refractivity contribution in [3.8, 4) is 11.5 Å². The fourth-order valence-electron chi connectivity index (χ4n) is 2.89. The van der Waals surface area contributed by atoms with Gasteiger partial charge >= 0.3 is 0 Å². The number of hydrogen-bond donors (Lipinski definition) is 2. The molecule has 0 bridgehead atoms. The SMILES string of the molecule is COc1cc(NC2CCCc3ccc(O)cc32)ccc1F. The van der Waals surface area contributed by atoms with Crippen molar-refractivity contribution in [2.75, 3.05) is 12.4 Å². The summed E-state index contributed by atoms with van der Waals surface area (Å²) in [5.41, 5.74) is 3.18. The minimum atomic E-state index is -0.371. The summed E-state index contributed by atoms with van der Waals surface area (Å²) in [7, 11) is 1.45. The number of fused-ring (bicyclic) bond motifs is 1. The molecule has 1 unspecified atom stereocenters. The molecule has 0 heterocycles. The molecular weight excluding hydrogens is 269 g/mol. The Morgan fingerprint density at radius 1 is 1.24 bits per heavy atom. The lowest BCUT2D eigenvalue weighted by Gasteiger charge is -2.27. The highest BCUT2D eigenvalue weighted by atomic mass is 19.1. The minimum Gasteiger partial charge on any atom is -0.508 e. The van der Waals surface area contributed by atoms with Crippen LogP contribution in [-0.2, 0) is 6.42 Å². The normalized spacial score (nSPS) is 17.1. The number of rotatable bonds is 3. The van der Waals surface area contributed by atoms with Crippen LogP contribution in [0.15, 0.2) is 36.4 Å². The topological polar surface area (TPSA) is 41.5 Å². The van der Waals surface area contributed by atoms with E-state index in [9.17, 15) is 9.50 Å². The second-order valence-corrected chi connectivity index (χ2v) is 5.32. The minimum absolute atomic E-state index is 0.121. The molecule has 4 heteroatoms. The Labute approximate surface area is 123 Å². The maximum atomic E-state index is 13.5. The molecular formula is C17H18FNO2. The molecule has 3 nitrogen and oxygen atoms in total. The van der Waals surface area contributed by atoms with Crippen LogP contribution in [0.25, 0.3) is 0 Å². The molecule has 0 saturated heterocycles. The molecule has 2 aromatic carbocycles. The van der Waals surface area contributed by atoms with Gasteiger partial charge in [0.2, 0.25) is 0 Å². The molecule has 0 saturated carbocycles. The van der Waals surface area contributed by atoms with Crippen molar-refractivity contribution in [1.82, 2.24) is 0 Å². The molecule has 0 spiro atoms. The van der Waals surface area contributed by atoms with Crippen LogP contribution < -0.4 is 10.1 Å². The summed E-state index contributed by atoms with van der Waals surface area (Å²) in [5, 5.41) is 13.1. The van der Waals surface area contributed by atoms with Gasteiger partial charge in [0.25, 0.3) is 0 Å². The highest BCUT2D eigenvalue weighted by Crippen LogP contribution is 2.35. The van der Waals surface area contributed by atoms with E-state index in [4.69, 9.17) is 4.74 Å². The van der Waals surface area contributed by atoms with Gasteiger partial charge in [-0.25, -0.2) is 4.39 Å². The van der Waals surface area contributed by atoms with Crippen LogP contribution in [0.5, 0.6) is 11.5 Å². The number of anilines is 1. The Kier molecular flexibility index (Phi) is 3.69. The van der Waals surface area contributed by atoms with E-state index in [1.807, 2.05) is 12.1 Å². The van der Waals surface area contributed by atoms with Gasteiger partial charge < -0.3 is 15.2 Å². The van der Waals surface area contributed by atoms with Gasteiger partial charge in [0.05, 0.1) is 13.2 Å². The maximum absolute atomic E-state index is 13.5. The number of phenolic OH excluding ortho intramolecular Hbond substituents is 1. The van der Waals surface area contributed by atoms with Gasteiger partial charge in [-0.3, -0.25) is 0 Å². The Balaban J connectivity index is 1.88. The van der Waals surface area contributed by atoms with Crippen LogP contribution in [0.1, 0.15) is 30.0 Å². The van der Waals surface area contributed by atoms with Gasteiger partial charge in [0.15, 0.2) is 11.6 Å². The van der Waals surface area contributed by atoms with Gasteiger partial charge in [-0.2, -0.15) is 0 Å². The number of ether oxygens (including phenoxy) is 1. The van der Waals surface area contributed by atoms with Crippen molar-refractivity contribution in [3.63, 3.8) is 0 Å². The molecule has 2 aromatic rings. The van der Waals surface area contributed by atoms with Crippen molar-refractivity contribution < 1.29 is 14.2 Å². The standard InChI is InChI=1S/C17H18FNO2/c1-21-17-9-12(6-8-15(17)18)19-16-4-2-3-11-5-7-13(20)10-14(11)16/h5-10,16,19-20H,2-4H2,1H3. The first kappa shape index (κ1) is 13.7. The second kappa shape index (κ2) is 5.64. The van der Waals surface area contributed by atoms with Gasteiger partial charge in [-0.05, 0) is 54.7 Å². The summed E-state index contributed by atoms with van der Waals surface area (Å²) >= 11 is 0. The fourth-order valence-corrected chi connectivity index (χ4v) is 2.89. The molecule has 110 valence electrons. The number of methoxy groups -OCH3 is 1. The van der Waals surface area contributed by atoms with Crippen LogP contribution in [0.3, 0.4) is 0 Å². The highest BCUT2D eigenvalue weighted by molar-refractivity contribution is 5.52. The molecule has 0 amide bonds. The lowest BCUT2D eigenvalue weighted by atomic mass is 9.87. The third-order valence-electron chi connectivity index (χ3n) is 3.94. The van der Waals surface area contributed by atoms with Gasteiger partial charge in [-0.1, -0.05) is 6.07 Å². The molecule has 1 aliphatic carbocycles. The van der Waals surface area contributed by atoms with E-state index in [0.717, 1.165) is 30.5 Å². The van der Waals surface area contributed by atoms with E-state index >= 15 is 0 Å². The number of aromatic hydroxyl groups is 1. The molecule has 0 aliphatic heterocycles. The van der Waals surface area contributed by atoms with Crippen LogP contribution in [0, 0.1) is 5.82 Å². The molecule has 1 atom stereocenters. The predicted octanol–water partition coefficient (Wildman–Crippen LogP) is 4.03. The number of aryl methyl sites for hydroxylation is 1. The molecule has 21 heavy (non-hydrogen) atoms. The van der Waals surface area contributed by atoms with E-state index in [1.54, 1.807) is 18.2 Å². The Hall–Kier alpha value is -2.23. The third kappa shape index (κ3) is 2.79. The van der Waals surface area contributed by atoms with Crippen molar-refractivity contribution >= 4 is 5.69 Å². The molecule has 1 aliphatic rings. The van der Waals surface area contributed by atoms with Gasteiger partial charge in [0, 0.05) is 11.8 Å². The Bertz CT molecular complexity index is 657. The van der Waals surface area contributed by atoms with E-state index in [0.29, 0.717) is 0 Å². The number of hydrogen-bond acceptors (Lipinski definition) is 3. The summed E-state index contributed by atoms with van der Waals surface area (Å²) in [6, 6.07) is 10.4. The fraction of sp³-hybridized carbons (Fsp3) is 0.294. The van der Waals surface area contributed by atoms with Crippen molar-refractivity contribution in [2.24, 2.45) is 0 Å². The number of benzene rings is 2. The first-order valence-electron chi connectivity index (χ1n) is 7.09. The summed E-state index contributed by atoms with van der Waals surface area (Å²) in [4.78, 5) is 0. The largest absolute Gasteiger partial charge is 0.508 e. The third-order valence-corrected chi connectivity index (χ3v) is 3.94. The lowest BCUT2D eigenvalue weighted by Crippen LogP contribution is -2.17. The molecule has 0 fully saturated rings. The van der Waals surface area contributed by atoms with Gasteiger partial charge in [-0.15, -0.1) is 0 Å². The van der Waals surface area contributed by atoms with Crippen molar-refractivity contribution in [1.29, 1.82) is 0 Å². The Morgan fingerprint density at radius 3 is 2.90 bits per heavy atom. The maximum Gasteiger partial charge on any atom is 0.165 e. The quantitative estimate of drug-likeness (QED) is 0.895. The average molecular weight is 287 g/mol. The summed E-state index contributed by atoms with van der Waals surface area (Å²) < 4.78 is 18.5. The second-order valence-electron chi connectivity index (χ2n) is 5.32. The molecule has 2 N–H and O–H groups in total. The van der Waals surface area contributed by atoms with E-state index in [2.05, 4.69) is 5.32 Å². The summed E-state index contributed by atoms with van der Waals surface area (Å²) in [6.45, 7) is 0. The van der Waals surface area contributed by atoms with E-state index < -0.39 is 0 Å². The molecule has 0 aromatic heterocycles. The first-order chi connectivity index (χ1) is 10.2. The predicted molar refractivity (Wildman–Crippen MR) is 80.4 cm³/mol. The molecule has 0 radical (unpaired) electrons. The first-order valence-corrected chi connectivity index (χ1v) is 7.09. The smallest absolute Gasteiger partial charge is 0.165 e. The number of halogens is 1. The van der Waals surface area contributed by atoms with Crippen LogP contribution in [-0.4, -0.2) is 12.2 Å². The monoisotopic (exact) mass is 287 g/mol. The summed E-state index contributed by atoms with van der Waals surface area (Å²) in [5.74, 6) is 0.135. The molecule has 3 rings (SSSR count). The number of phenols is 1. The van der Waals surface area contributed by atoms with Gasteiger partial charge in [0.1, 0.15) is 5.75 Å². The van der Waals surface area contributed by atoms with Crippen molar-refractivity contribution in [2.45, 2.75) is 25.3 Å². The highest BCUT2D eigenvalue weighted by Gasteiger charge is 2.20. The van der Waals surface area contributed by atoms with Crippen molar-refractivity contribution in [3.05, 3.63) is 53.3 Å². The zero-order valence-corrected chi connectivity index (χ0v) is 11.9. The average Bonchev–Trinajstić information content (AvgIpc) is 2.50. The lowest BCUT2D eigenvalue weighted by molar-refractivity contribution is 0.386. The van der Waals surface area contributed by atoms with Crippen LogP contribution >= 0.6 is 0 Å². The van der Waals surface area contributed by atoms with E-state index in [-0.39, 0.29) is 23.4 Å². The van der Waals surface area contributed by atoms with Crippen LogP contribution in [0.2, 0.25) is 0 Å². The number of nitrogens with one attached hydrogen (secondary N) is 1. The summed E-state index contributed by atoms with van der Waals surface area (Å²) in [6.07, 6.45) is 3.10. The van der Waals surface area contributed by atoms with E-state index in [1.165, 1.54) is 18.7 Å². The van der Waals surface area contributed by atoms with Crippen LogP contribution in [0.4, 0.5) is 10.1 Å².